The van der Waals surface area contributed by atoms with Crippen LogP contribution in [-0.4, -0.2) is 16.4 Å². The van der Waals surface area contributed by atoms with E-state index in [0.29, 0.717) is 11.1 Å². The molecule has 0 saturated heterocycles. The number of aromatic nitrogens is 1. The summed E-state index contributed by atoms with van der Waals surface area (Å²) in [5.41, 5.74) is 20.0. The molecule has 0 bridgehead atoms. The zero-order valence-corrected chi connectivity index (χ0v) is 48.0. The lowest BCUT2D eigenvalue weighted by molar-refractivity contribution is 0.0893. The molecule has 2 aliphatic carbocycles. The highest BCUT2D eigenvalue weighted by Crippen LogP contribution is 2.55. The van der Waals surface area contributed by atoms with Crippen LogP contribution in [0.1, 0.15) is 154 Å². The Morgan fingerprint density at radius 2 is 0.901 bits per heavy atom. The van der Waals surface area contributed by atoms with Crippen LogP contribution in [0.4, 0.5) is 22.7 Å². The van der Waals surface area contributed by atoms with Crippen molar-refractivity contribution in [3.05, 3.63) is 214 Å². The van der Waals surface area contributed by atoms with E-state index in [4.69, 9.17) is 0 Å². The lowest BCUT2D eigenvalue weighted by atomic mass is 9.82. The second-order valence-corrected chi connectivity index (χ2v) is 25.2. The maximum absolute atomic E-state index is 15.2. The predicted molar refractivity (Wildman–Crippen MR) is 340 cm³/mol. The van der Waals surface area contributed by atoms with Gasteiger partial charge in [0.25, 0.3) is 11.8 Å². The number of hydrogen-bond acceptors (Lipinski definition) is 3. The number of imide groups is 1. The summed E-state index contributed by atoms with van der Waals surface area (Å²) in [5.74, 6) is -0.287. The van der Waals surface area contributed by atoms with Gasteiger partial charge in [0.05, 0.1) is 16.7 Å². The first kappa shape index (κ1) is 49.5. The SMILES string of the molecule is CCCCCCn1c2cc(N(c3ccc4c(c3)C(C)(C)c3ccccc3-4)c3ccc4c(c3)C(C)(C)c3ccccc3-4)ccc2c2c3cccc4c5ccc6c7c(ccc(c(cc21)c43)c75)C(=O)N(c1c(C(C)C)cccc1C(C)C)C6=O. The molecule has 2 heterocycles. The molecule has 1 aromatic heterocycles. The van der Waals surface area contributed by atoms with E-state index >= 15 is 9.59 Å². The van der Waals surface area contributed by atoms with Gasteiger partial charge in [-0.1, -0.05) is 197 Å². The number of anilines is 4. The standard InChI is InChI=1S/C76H67N3O2/c1-10-11-12-17-38-77-66-41-47(78(45-28-31-52-50-20-13-15-26-62(50)75(6,7)64(52)39-45)46-29-32-53-51-21-14-16-27-63(51)76(8,9)65(53)40-46)30-33-57(66)69-58-25-19-24-54-55-34-36-59-71-60(37-35-56(70(55)71)61(68(54)58)42-67(69)77)74(81)79(73(59)80)72-48(43(2)3)22-18-23-49(72)44(4)5/h13-16,18-37,39-44H,10-12,17,38H2,1-9H3. The third-order valence-corrected chi connectivity index (χ3v) is 19.3. The number of carbonyl (C=O) groups excluding carboxylic acids is 2. The fraction of sp³-hybridized carbons (Fsp3) is 0.237. The summed E-state index contributed by atoms with van der Waals surface area (Å²) in [7, 11) is 0. The van der Waals surface area contributed by atoms with E-state index in [0.717, 1.165) is 92.0 Å². The Morgan fingerprint density at radius 1 is 0.407 bits per heavy atom. The number of benzene rings is 11. The third kappa shape index (κ3) is 6.84. The van der Waals surface area contributed by atoms with Crippen molar-refractivity contribution in [2.45, 2.75) is 117 Å². The Morgan fingerprint density at radius 3 is 1.49 bits per heavy atom. The summed E-state index contributed by atoms with van der Waals surface area (Å²) >= 11 is 0. The van der Waals surface area contributed by atoms with Gasteiger partial charge in [-0.05, 0) is 166 Å². The molecule has 5 nitrogen and oxygen atoms in total. The second kappa shape index (κ2) is 17.7. The molecule has 1 aliphatic heterocycles. The van der Waals surface area contributed by atoms with Gasteiger partial charge in [-0.2, -0.15) is 0 Å². The Bertz CT molecular complexity index is 4540. The number of carbonyl (C=O) groups is 2. The average molecular weight is 1050 g/mol. The van der Waals surface area contributed by atoms with Crippen molar-refractivity contribution in [3.8, 4) is 22.3 Å². The second-order valence-electron chi connectivity index (χ2n) is 25.2. The van der Waals surface area contributed by atoms with E-state index < -0.39 is 0 Å². The van der Waals surface area contributed by atoms with Gasteiger partial charge >= 0.3 is 0 Å². The van der Waals surface area contributed by atoms with E-state index in [1.165, 1.54) is 88.4 Å². The zero-order valence-electron chi connectivity index (χ0n) is 48.0. The first-order valence-corrected chi connectivity index (χ1v) is 29.6. The quantitative estimate of drug-likeness (QED) is 0.0561. The van der Waals surface area contributed by atoms with E-state index in [1.807, 2.05) is 12.1 Å². The molecule has 3 aliphatic rings. The smallest absolute Gasteiger partial charge is 0.266 e. The van der Waals surface area contributed by atoms with Crippen LogP contribution >= 0.6 is 0 Å². The number of aryl methyl sites for hydroxylation is 1. The first-order chi connectivity index (χ1) is 39.2. The van der Waals surface area contributed by atoms with Gasteiger partial charge in [0.2, 0.25) is 0 Å². The highest BCUT2D eigenvalue weighted by Gasteiger charge is 2.40. The fourth-order valence-electron chi connectivity index (χ4n) is 15.3. The van der Waals surface area contributed by atoms with E-state index in [9.17, 15) is 0 Å². The van der Waals surface area contributed by atoms with Crippen LogP contribution in [-0.2, 0) is 17.4 Å². The Balaban J connectivity index is 0.960. The summed E-state index contributed by atoms with van der Waals surface area (Å²) in [6, 6.07) is 63.1. The first-order valence-electron chi connectivity index (χ1n) is 29.6. The Hall–Kier alpha value is -8.54. The molecule has 398 valence electrons. The molecule has 11 aromatic carbocycles. The lowest BCUT2D eigenvalue weighted by Crippen LogP contribution is -2.41. The summed E-state index contributed by atoms with van der Waals surface area (Å²) in [6.45, 7) is 21.2. The Labute approximate surface area is 474 Å². The summed E-state index contributed by atoms with van der Waals surface area (Å²) in [6.07, 6.45) is 4.55. The molecule has 0 unspecified atom stereocenters. The third-order valence-electron chi connectivity index (χ3n) is 19.3. The monoisotopic (exact) mass is 1050 g/mol. The molecule has 81 heavy (non-hydrogen) atoms. The lowest BCUT2D eigenvalue weighted by Gasteiger charge is -2.32. The van der Waals surface area contributed by atoms with Gasteiger partial charge in [-0.15, -0.1) is 0 Å². The van der Waals surface area contributed by atoms with E-state index in [1.54, 1.807) is 0 Å². The van der Waals surface area contributed by atoms with Crippen LogP contribution in [0, 0.1) is 0 Å². The molecule has 0 spiro atoms. The largest absolute Gasteiger partial charge is 0.340 e. The topological polar surface area (TPSA) is 45.6 Å². The number of fused-ring (bicyclic) bond motifs is 12. The van der Waals surface area contributed by atoms with Crippen LogP contribution in [0.25, 0.3) is 87.1 Å². The number of unbranched alkanes of at least 4 members (excludes halogenated alkanes) is 3. The summed E-state index contributed by atoms with van der Waals surface area (Å²) in [5, 5.41) is 11.1. The van der Waals surface area contributed by atoms with Crippen molar-refractivity contribution < 1.29 is 9.59 Å². The van der Waals surface area contributed by atoms with Gasteiger partial charge in [0.1, 0.15) is 0 Å². The fourth-order valence-corrected chi connectivity index (χ4v) is 15.3. The maximum Gasteiger partial charge on any atom is 0.266 e. The molecule has 12 aromatic rings. The van der Waals surface area contributed by atoms with Gasteiger partial charge in [-0.3, -0.25) is 9.59 Å². The number of hydrogen-bond donors (Lipinski definition) is 0. The number of amides is 2. The number of nitrogens with zero attached hydrogens (tertiary/aromatic N) is 3. The maximum atomic E-state index is 15.2. The van der Waals surface area contributed by atoms with E-state index in [2.05, 4.69) is 230 Å². The summed E-state index contributed by atoms with van der Waals surface area (Å²) < 4.78 is 2.61. The normalized spacial score (nSPS) is 14.9. The summed E-state index contributed by atoms with van der Waals surface area (Å²) in [4.78, 5) is 34.4. The van der Waals surface area contributed by atoms with Crippen molar-refractivity contribution in [2.24, 2.45) is 0 Å². The molecule has 5 heteroatoms. The van der Waals surface area contributed by atoms with Gasteiger partial charge in [0, 0.05) is 61.7 Å². The minimum absolute atomic E-state index is 0.116. The molecule has 0 saturated carbocycles. The van der Waals surface area contributed by atoms with Crippen molar-refractivity contribution >= 4 is 99.5 Å². The molecular weight excluding hydrogens is 987 g/mol. The van der Waals surface area contributed by atoms with E-state index in [-0.39, 0.29) is 34.5 Å². The van der Waals surface area contributed by atoms with Gasteiger partial charge < -0.3 is 9.47 Å². The zero-order chi connectivity index (χ0) is 55.5. The van der Waals surface area contributed by atoms with Crippen molar-refractivity contribution in [1.82, 2.24) is 4.57 Å². The van der Waals surface area contributed by atoms with Crippen LogP contribution in [0.15, 0.2) is 170 Å². The molecule has 15 rings (SSSR count). The van der Waals surface area contributed by atoms with Crippen molar-refractivity contribution in [2.75, 3.05) is 9.80 Å². The minimum Gasteiger partial charge on any atom is -0.340 e. The van der Waals surface area contributed by atoms with Crippen LogP contribution in [0.5, 0.6) is 0 Å². The predicted octanol–water partition coefficient (Wildman–Crippen LogP) is 20.6. The van der Waals surface area contributed by atoms with Crippen molar-refractivity contribution in [1.29, 1.82) is 0 Å². The highest BCUT2D eigenvalue weighted by molar-refractivity contribution is 6.44. The number of rotatable bonds is 11. The Kier molecular flexibility index (Phi) is 10.8. The van der Waals surface area contributed by atoms with Crippen LogP contribution < -0.4 is 9.80 Å². The van der Waals surface area contributed by atoms with Crippen LogP contribution in [0.2, 0.25) is 0 Å². The van der Waals surface area contributed by atoms with Gasteiger partial charge in [0.15, 0.2) is 0 Å². The van der Waals surface area contributed by atoms with Crippen molar-refractivity contribution in [3.63, 3.8) is 0 Å². The molecule has 0 atom stereocenters. The average Bonchev–Trinajstić information content (AvgIpc) is 2.90. The molecule has 2 amide bonds. The molecular formula is C76H67N3O2. The molecule has 0 N–H and O–H groups in total. The number of para-hydroxylation sites is 1. The minimum atomic E-state index is -0.259. The molecule has 0 fully saturated rings. The molecule has 0 radical (unpaired) electrons. The highest BCUT2D eigenvalue weighted by atomic mass is 16.2. The van der Waals surface area contributed by atoms with Gasteiger partial charge in [-0.25, -0.2) is 4.90 Å². The van der Waals surface area contributed by atoms with Crippen LogP contribution in [0.3, 0.4) is 0 Å².